The number of hydrogen-bond acceptors (Lipinski definition) is 4. The number of aliphatic imine (C=N–C) groups is 1. The Labute approximate surface area is 187 Å². The number of halogens is 4. The summed E-state index contributed by atoms with van der Waals surface area (Å²) >= 11 is 4.68. The van der Waals surface area contributed by atoms with Gasteiger partial charge < -0.3 is 10.6 Å². The number of hydroxylamine groups is 1. The standard InChI is InChI=1S/C20H16BrF3N4O2S/c21-14-2-1-3-16(9-14)26-18(28-30)17-8-12(11-31-17)10-25-19(29)27-15-6-4-13(5-7-15)20(22,23)24/h1-9,11,30H,10H2,(H,26,28)(H2,25,27,29). The van der Waals surface area contributed by atoms with Crippen LogP contribution in [0, 0.1) is 0 Å². The lowest BCUT2D eigenvalue weighted by Crippen LogP contribution is -2.28. The van der Waals surface area contributed by atoms with Crippen LogP contribution in [0.25, 0.3) is 0 Å². The second-order valence-corrected chi connectivity index (χ2v) is 8.08. The highest BCUT2D eigenvalue weighted by atomic mass is 79.9. The Balaban J connectivity index is 1.58. The van der Waals surface area contributed by atoms with Crippen LogP contribution in [0.15, 0.2) is 69.4 Å². The third-order valence-corrected chi connectivity index (χ3v) is 5.44. The van der Waals surface area contributed by atoms with Crippen molar-refractivity contribution in [3.63, 3.8) is 0 Å². The number of thiophene rings is 1. The van der Waals surface area contributed by atoms with Gasteiger partial charge in [0.05, 0.1) is 16.1 Å². The fraction of sp³-hybridized carbons (Fsp3) is 0.100. The van der Waals surface area contributed by atoms with Gasteiger partial charge in [0.25, 0.3) is 0 Å². The highest BCUT2D eigenvalue weighted by Crippen LogP contribution is 2.29. The zero-order chi connectivity index (χ0) is 22.4. The van der Waals surface area contributed by atoms with Crippen molar-refractivity contribution < 1.29 is 23.2 Å². The fourth-order valence-corrected chi connectivity index (χ4v) is 3.74. The SMILES string of the molecule is O=C(NCc1csc(C(=Nc2cccc(Br)c2)NO)c1)Nc1ccc(C(F)(F)F)cc1. The number of anilines is 1. The fourth-order valence-electron chi connectivity index (χ4n) is 2.50. The molecule has 0 aliphatic heterocycles. The van der Waals surface area contributed by atoms with Gasteiger partial charge in [0.1, 0.15) is 0 Å². The summed E-state index contributed by atoms with van der Waals surface area (Å²) in [7, 11) is 0. The number of nitrogens with zero attached hydrogens (tertiary/aromatic N) is 1. The maximum absolute atomic E-state index is 12.6. The quantitative estimate of drug-likeness (QED) is 0.195. The monoisotopic (exact) mass is 512 g/mol. The molecule has 0 fully saturated rings. The van der Waals surface area contributed by atoms with E-state index in [0.29, 0.717) is 10.6 Å². The topological polar surface area (TPSA) is 85.8 Å². The first-order valence-corrected chi connectivity index (χ1v) is 10.5. The maximum atomic E-state index is 12.6. The number of benzene rings is 2. The highest BCUT2D eigenvalue weighted by Gasteiger charge is 2.29. The number of nitrogens with one attached hydrogen (secondary N) is 3. The molecule has 0 atom stereocenters. The van der Waals surface area contributed by atoms with Gasteiger partial charge >= 0.3 is 12.2 Å². The van der Waals surface area contributed by atoms with E-state index in [9.17, 15) is 23.2 Å². The van der Waals surface area contributed by atoms with Crippen molar-refractivity contribution >= 4 is 50.5 Å². The summed E-state index contributed by atoms with van der Waals surface area (Å²) in [5, 5.41) is 16.3. The zero-order valence-electron chi connectivity index (χ0n) is 15.7. The maximum Gasteiger partial charge on any atom is 0.416 e. The van der Waals surface area contributed by atoms with Gasteiger partial charge in [0, 0.05) is 16.7 Å². The van der Waals surface area contributed by atoms with Crippen molar-refractivity contribution in [2.75, 3.05) is 5.32 Å². The van der Waals surface area contributed by atoms with Gasteiger partial charge in [-0.3, -0.25) is 10.7 Å². The number of amides is 2. The molecule has 1 heterocycles. The first kappa shape index (κ1) is 22.8. The van der Waals surface area contributed by atoms with E-state index in [2.05, 4.69) is 37.0 Å². The molecule has 2 amide bonds. The number of urea groups is 1. The van der Waals surface area contributed by atoms with E-state index >= 15 is 0 Å². The van der Waals surface area contributed by atoms with Crippen molar-refractivity contribution in [2.45, 2.75) is 12.7 Å². The van der Waals surface area contributed by atoms with Crippen LogP contribution in [0.4, 0.5) is 29.3 Å². The molecule has 0 saturated carbocycles. The zero-order valence-corrected chi connectivity index (χ0v) is 18.1. The Morgan fingerprint density at radius 2 is 1.87 bits per heavy atom. The summed E-state index contributed by atoms with van der Waals surface area (Å²) in [5.74, 6) is 0.253. The van der Waals surface area contributed by atoms with E-state index in [0.717, 1.165) is 22.2 Å². The normalized spacial score (nSPS) is 11.8. The lowest BCUT2D eigenvalue weighted by atomic mass is 10.2. The number of rotatable bonds is 5. The number of alkyl halides is 3. The molecule has 11 heteroatoms. The van der Waals surface area contributed by atoms with E-state index < -0.39 is 17.8 Å². The molecule has 162 valence electrons. The molecule has 2 aromatic carbocycles. The van der Waals surface area contributed by atoms with Crippen LogP contribution in [0.2, 0.25) is 0 Å². The summed E-state index contributed by atoms with van der Waals surface area (Å²) in [6, 6.07) is 12.6. The summed E-state index contributed by atoms with van der Waals surface area (Å²) in [4.78, 5) is 17.0. The number of amidine groups is 1. The molecular weight excluding hydrogens is 497 g/mol. The highest BCUT2D eigenvalue weighted by molar-refractivity contribution is 9.10. The third-order valence-electron chi connectivity index (χ3n) is 3.97. The molecule has 0 unspecified atom stereocenters. The Morgan fingerprint density at radius 3 is 2.52 bits per heavy atom. The van der Waals surface area contributed by atoms with Crippen molar-refractivity contribution in [2.24, 2.45) is 4.99 Å². The molecule has 0 aliphatic carbocycles. The van der Waals surface area contributed by atoms with Gasteiger partial charge in [-0.2, -0.15) is 13.2 Å². The summed E-state index contributed by atoms with van der Waals surface area (Å²) in [6.45, 7) is 0.179. The molecule has 0 radical (unpaired) electrons. The van der Waals surface area contributed by atoms with Gasteiger partial charge in [-0.15, -0.1) is 11.3 Å². The first-order chi connectivity index (χ1) is 14.7. The molecule has 0 saturated heterocycles. The number of carbonyl (C=O) groups excluding carboxylic acids is 1. The molecule has 3 aromatic rings. The lowest BCUT2D eigenvalue weighted by molar-refractivity contribution is -0.137. The van der Waals surface area contributed by atoms with Crippen LogP contribution in [0.5, 0.6) is 0 Å². The van der Waals surface area contributed by atoms with E-state index in [4.69, 9.17) is 0 Å². The van der Waals surface area contributed by atoms with E-state index in [1.807, 2.05) is 12.1 Å². The van der Waals surface area contributed by atoms with Crippen LogP contribution in [-0.2, 0) is 12.7 Å². The molecule has 4 N–H and O–H groups in total. The molecule has 0 bridgehead atoms. The van der Waals surface area contributed by atoms with Gasteiger partial charge in [-0.05, 0) is 59.5 Å². The molecule has 1 aromatic heterocycles. The van der Waals surface area contributed by atoms with Gasteiger partial charge in [0.15, 0.2) is 5.84 Å². The Kier molecular flexibility index (Phi) is 7.31. The minimum Gasteiger partial charge on any atom is -0.334 e. The Morgan fingerprint density at radius 1 is 1.13 bits per heavy atom. The average Bonchev–Trinajstić information content (AvgIpc) is 3.19. The molecule has 6 nitrogen and oxygen atoms in total. The van der Waals surface area contributed by atoms with Gasteiger partial charge in [0.2, 0.25) is 0 Å². The largest absolute Gasteiger partial charge is 0.416 e. The van der Waals surface area contributed by atoms with Crippen molar-refractivity contribution in [1.82, 2.24) is 10.8 Å². The summed E-state index contributed by atoms with van der Waals surface area (Å²) in [6.07, 6.45) is -4.43. The van der Waals surface area contributed by atoms with Crippen molar-refractivity contribution in [3.8, 4) is 0 Å². The van der Waals surface area contributed by atoms with Crippen LogP contribution >= 0.6 is 27.3 Å². The summed E-state index contributed by atoms with van der Waals surface area (Å²) in [5.41, 5.74) is 2.93. The van der Waals surface area contributed by atoms with Crippen LogP contribution < -0.4 is 16.1 Å². The second-order valence-electron chi connectivity index (χ2n) is 6.25. The molecule has 31 heavy (non-hydrogen) atoms. The van der Waals surface area contributed by atoms with Crippen molar-refractivity contribution in [1.29, 1.82) is 0 Å². The average molecular weight is 513 g/mol. The third kappa shape index (κ3) is 6.54. The minimum absolute atomic E-state index is 0.179. The molecule has 3 rings (SSSR count). The predicted octanol–water partition coefficient (Wildman–Crippen LogP) is 5.91. The number of hydrogen-bond donors (Lipinski definition) is 4. The predicted molar refractivity (Wildman–Crippen MR) is 117 cm³/mol. The van der Waals surface area contributed by atoms with Gasteiger partial charge in [-0.25, -0.2) is 9.79 Å². The van der Waals surface area contributed by atoms with E-state index in [1.54, 1.807) is 23.6 Å². The summed E-state index contributed by atoms with van der Waals surface area (Å²) < 4.78 is 38.6. The van der Waals surface area contributed by atoms with E-state index in [-0.39, 0.29) is 18.1 Å². The van der Waals surface area contributed by atoms with Crippen LogP contribution in [0.1, 0.15) is 16.0 Å². The van der Waals surface area contributed by atoms with Crippen LogP contribution in [-0.4, -0.2) is 17.1 Å². The van der Waals surface area contributed by atoms with Gasteiger partial charge in [-0.1, -0.05) is 22.0 Å². The van der Waals surface area contributed by atoms with Crippen LogP contribution in [0.3, 0.4) is 0 Å². The van der Waals surface area contributed by atoms with Crippen molar-refractivity contribution in [3.05, 3.63) is 80.5 Å². The van der Waals surface area contributed by atoms with E-state index in [1.165, 1.54) is 23.5 Å². The molecule has 0 aliphatic rings. The Bertz CT molecular complexity index is 1080. The smallest absolute Gasteiger partial charge is 0.334 e. The Hall–Kier alpha value is -2.89. The molecular formula is C20H16BrF3N4O2S. The number of carbonyl (C=O) groups is 1. The lowest BCUT2D eigenvalue weighted by Gasteiger charge is -2.09. The second kappa shape index (κ2) is 9.94. The first-order valence-electron chi connectivity index (χ1n) is 8.79. The molecule has 0 spiro atoms. The minimum atomic E-state index is -4.43.